The van der Waals surface area contributed by atoms with Gasteiger partial charge in [0.2, 0.25) is 0 Å². The highest BCUT2D eigenvalue weighted by molar-refractivity contribution is 5.36. The summed E-state index contributed by atoms with van der Waals surface area (Å²) in [6.45, 7) is 1.66. The van der Waals surface area contributed by atoms with Crippen LogP contribution < -0.4 is 10.5 Å². The fourth-order valence-electron chi connectivity index (χ4n) is 2.32. The van der Waals surface area contributed by atoms with Gasteiger partial charge < -0.3 is 19.9 Å². The summed E-state index contributed by atoms with van der Waals surface area (Å²) < 4.78 is 16.4. The number of benzene rings is 2. The van der Waals surface area contributed by atoms with Gasteiger partial charge in [-0.2, -0.15) is 0 Å². The summed E-state index contributed by atoms with van der Waals surface area (Å²) >= 11 is 0. The molecule has 4 heteroatoms. The molecule has 4 nitrogen and oxygen atoms in total. The number of nitrogens with two attached hydrogens (primary N) is 1. The van der Waals surface area contributed by atoms with Crippen LogP contribution in [-0.2, 0) is 9.47 Å². The lowest BCUT2D eigenvalue weighted by molar-refractivity contribution is -0.0684. The molecule has 2 N–H and O–H groups in total. The highest BCUT2D eigenvalue weighted by Crippen LogP contribution is 2.23. The maximum absolute atomic E-state index is 6.30. The van der Waals surface area contributed by atoms with Crippen molar-refractivity contribution >= 4 is 0 Å². The molecule has 3 rings (SSSR count). The van der Waals surface area contributed by atoms with E-state index in [-0.39, 0.29) is 12.3 Å². The van der Waals surface area contributed by atoms with E-state index in [1.54, 1.807) is 0 Å². The number of rotatable bonds is 5. The van der Waals surface area contributed by atoms with Crippen molar-refractivity contribution in [2.24, 2.45) is 5.73 Å². The van der Waals surface area contributed by atoms with E-state index in [1.807, 2.05) is 54.6 Å². The van der Waals surface area contributed by atoms with Crippen LogP contribution in [0.15, 0.2) is 54.6 Å². The molecule has 1 aliphatic rings. The van der Waals surface area contributed by atoms with Crippen molar-refractivity contribution in [2.45, 2.75) is 12.3 Å². The number of ether oxygens (including phenoxy) is 3. The summed E-state index contributed by atoms with van der Waals surface area (Å²) in [6.07, 6.45) is -0.267. The Labute approximate surface area is 124 Å². The van der Waals surface area contributed by atoms with Crippen LogP contribution in [0.1, 0.15) is 17.2 Å². The quantitative estimate of drug-likeness (QED) is 0.917. The lowest BCUT2D eigenvalue weighted by Gasteiger charge is -2.15. The van der Waals surface area contributed by atoms with Gasteiger partial charge in [0.15, 0.2) is 6.29 Å². The second-order valence-electron chi connectivity index (χ2n) is 4.94. The Bertz CT molecular complexity index is 567. The molecule has 1 aliphatic heterocycles. The molecule has 1 fully saturated rings. The lowest BCUT2D eigenvalue weighted by Crippen LogP contribution is -2.18. The Morgan fingerprint density at radius 1 is 1.00 bits per heavy atom. The van der Waals surface area contributed by atoms with Gasteiger partial charge in [-0.1, -0.05) is 42.5 Å². The third-order valence-electron chi connectivity index (χ3n) is 3.45. The highest BCUT2D eigenvalue weighted by Gasteiger charge is 2.16. The zero-order valence-electron chi connectivity index (χ0n) is 11.8. The average molecular weight is 285 g/mol. The van der Waals surface area contributed by atoms with Crippen LogP contribution >= 0.6 is 0 Å². The summed E-state index contributed by atoms with van der Waals surface area (Å²) in [5.74, 6) is 0.776. The molecule has 1 unspecified atom stereocenters. The third-order valence-corrected chi connectivity index (χ3v) is 3.45. The van der Waals surface area contributed by atoms with Gasteiger partial charge in [-0.3, -0.25) is 0 Å². The molecule has 0 saturated carbocycles. The largest absolute Gasteiger partial charge is 0.488 e. The lowest BCUT2D eigenvalue weighted by atomic mass is 10.00. The minimum Gasteiger partial charge on any atom is -0.488 e. The van der Waals surface area contributed by atoms with E-state index in [2.05, 4.69) is 0 Å². The van der Waals surface area contributed by atoms with Crippen LogP contribution in [0.3, 0.4) is 0 Å². The van der Waals surface area contributed by atoms with E-state index in [0.717, 1.165) is 16.9 Å². The van der Waals surface area contributed by atoms with Crippen LogP contribution in [0, 0.1) is 0 Å². The Morgan fingerprint density at radius 3 is 2.48 bits per heavy atom. The molecule has 0 aliphatic carbocycles. The van der Waals surface area contributed by atoms with E-state index in [9.17, 15) is 0 Å². The molecular weight excluding hydrogens is 266 g/mol. The van der Waals surface area contributed by atoms with E-state index < -0.39 is 0 Å². The second-order valence-corrected chi connectivity index (χ2v) is 4.94. The Hall–Kier alpha value is -1.88. The Balaban J connectivity index is 1.67. The minimum absolute atomic E-state index is 0.159. The summed E-state index contributed by atoms with van der Waals surface area (Å²) in [5, 5.41) is 0. The van der Waals surface area contributed by atoms with Crippen molar-refractivity contribution in [2.75, 3.05) is 19.8 Å². The van der Waals surface area contributed by atoms with Crippen molar-refractivity contribution in [1.82, 2.24) is 0 Å². The van der Waals surface area contributed by atoms with Crippen molar-refractivity contribution in [3.05, 3.63) is 65.7 Å². The topological polar surface area (TPSA) is 53.7 Å². The first-order chi connectivity index (χ1) is 10.3. The first-order valence-electron chi connectivity index (χ1n) is 7.09. The molecule has 110 valence electrons. The van der Waals surface area contributed by atoms with Crippen LogP contribution in [0.5, 0.6) is 5.75 Å². The Kier molecular flexibility index (Phi) is 4.50. The molecule has 1 saturated heterocycles. The van der Waals surface area contributed by atoms with E-state index in [1.165, 1.54) is 0 Å². The molecule has 2 aromatic rings. The van der Waals surface area contributed by atoms with Crippen LogP contribution in [0.2, 0.25) is 0 Å². The van der Waals surface area contributed by atoms with Gasteiger partial charge >= 0.3 is 0 Å². The average Bonchev–Trinajstić information content (AvgIpc) is 3.07. The van der Waals surface area contributed by atoms with Gasteiger partial charge in [-0.25, -0.2) is 0 Å². The van der Waals surface area contributed by atoms with Crippen LogP contribution in [0.4, 0.5) is 0 Å². The molecule has 0 bridgehead atoms. The van der Waals surface area contributed by atoms with Gasteiger partial charge in [-0.15, -0.1) is 0 Å². The summed E-state index contributed by atoms with van der Waals surface area (Å²) in [7, 11) is 0. The molecule has 1 heterocycles. The van der Waals surface area contributed by atoms with Crippen molar-refractivity contribution < 1.29 is 14.2 Å². The summed E-state index contributed by atoms with van der Waals surface area (Å²) in [6, 6.07) is 17.7. The van der Waals surface area contributed by atoms with E-state index in [0.29, 0.717) is 19.8 Å². The molecule has 0 amide bonds. The first-order valence-corrected chi connectivity index (χ1v) is 7.09. The van der Waals surface area contributed by atoms with Gasteiger partial charge in [0.05, 0.1) is 19.3 Å². The standard InChI is InChI=1S/C17H19NO3/c18-17(13-5-2-1-3-6-13)14-7-4-8-15(11-14)21-12-16-19-9-10-20-16/h1-8,11,16-17H,9-10,12,18H2. The van der Waals surface area contributed by atoms with Gasteiger partial charge in [-0.05, 0) is 23.3 Å². The minimum atomic E-state index is -0.267. The monoisotopic (exact) mass is 285 g/mol. The van der Waals surface area contributed by atoms with Crippen molar-refractivity contribution in [3.63, 3.8) is 0 Å². The fourth-order valence-corrected chi connectivity index (χ4v) is 2.32. The van der Waals surface area contributed by atoms with Crippen molar-refractivity contribution in [1.29, 1.82) is 0 Å². The predicted octanol–water partition coefficient (Wildman–Crippen LogP) is 2.49. The maximum atomic E-state index is 6.30. The van der Waals surface area contributed by atoms with E-state index in [4.69, 9.17) is 19.9 Å². The molecule has 0 radical (unpaired) electrons. The van der Waals surface area contributed by atoms with Crippen molar-refractivity contribution in [3.8, 4) is 5.75 Å². The first kappa shape index (κ1) is 14.1. The summed E-state index contributed by atoms with van der Waals surface area (Å²) in [5.41, 5.74) is 8.40. The molecule has 0 aromatic heterocycles. The zero-order valence-corrected chi connectivity index (χ0v) is 11.8. The SMILES string of the molecule is NC(c1ccccc1)c1cccc(OCC2OCCO2)c1. The van der Waals surface area contributed by atoms with Crippen LogP contribution in [-0.4, -0.2) is 26.1 Å². The maximum Gasteiger partial charge on any atom is 0.191 e. The molecule has 21 heavy (non-hydrogen) atoms. The number of hydrogen-bond donors (Lipinski definition) is 1. The molecule has 1 atom stereocenters. The normalized spacial score (nSPS) is 16.8. The van der Waals surface area contributed by atoms with Crippen LogP contribution in [0.25, 0.3) is 0 Å². The molecule has 2 aromatic carbocycles. The third kappa shape index (κ3) is 3.61. The smallest absolute Gasteiger partial charge is 0.191 e. The fraction of sp³-hybridized carbons (Fsp3) is 0.294. The molecule has 0 spiro atoms. The zero-order chi connectivity index (χ0) is 14.5. The number of hydrogen-bond acceptors (Lipinski definition) is 4. The van der Waals surface area contributed by atoms with Gasteiger partial charge in [0, 0.05) is 0 Å². The predicted molar refractivity (Wildman–Crippen MR) is 80.1 cm³/mol. The summed E-state index contributed by atoms with van der Waals surface area (Å²) in [4.78, 5) is 0. The van der Waals surface area contributed by atoms with Gasteiger partial charge in [0.25, 0.3) is 0 Å². The second kappa shape index (κ2) is 6.72. The molecular formula is C17H19NO3. The highest BCUT2D eigenvalue weighted by atomic mass is 16.7. The van der Waals surface area contributed by atoms with E-state index >= 15 is 0 Å². The Morgan fingerprint density at radius 2 is 1.71 bits per heavy atom. The van der Waals surface area contributed by atoms with Gasteiger partial charge in [0.1, 0.15) is 12.4 Å².